The van der Waals surface area contributed by atoms with Gasteiger partial charge in [-0.05, 0) is 25.0 Å². The van der Waals surface area contributed by atoms with Crippen molar-refractivity contribution >= 4 is 23.5 Å². The number of rotatable bonds is 4. The molecule has 2 aliphatic heterocycles. The number of anilines is 1. The van der Waals surface area contributed by atoms with E-state index in [1.165, 1.54) is 0 Å². The van der Waals surface area contributed by atoms with Crippen LogP contribution in [-0.4, -0.2) is 97.4 Å². The van der Waals surface area contributed by atoms with E-state index in [1.807, 2.05) is 40.1 Å². The minimum Gasteiger partial charge on any atom is -0.340 e. The molecule has 0 aliphatic carbocycles. The van der Waals surface area contributed by atoms with Gasteiger partial charge in [-0.15, -0.1) is 0 Å². The van der Waals surface area contributed by atoms with E-state index < -0.39 is 0 Å². The van der Waals surface area contributed by atoms with E-state index in [2.05, 4.69) is 10.2 Å². The fourth-order valence-electron chi connectivity index (χ4n) is 3.91. The van der Waals surface area contributed by atoms with Gasteiger partial charge in [-0.2, -0.15) is 0 Å². The van der Waals surface area contributed by atoms with Gasteiger partial charge in [-0.3, -0.25) is 14.5 Å². The average Bonchev–Trinajstić information content (AvgIpc) is 2.74. The summed E-state index contributed by atoms with van der Waals surface area (Å²) < 4.78 is 0. The maximum absolute atomic E-state index is 12.8. The standard InChI is InChI=1S/C21H31N5O3/c1-23(2)21(29)26-10-8-17(9-11-26)20(28)25-14-12-24(13-15-25)16-19(27)22-18-6-4-3-5-7-18/h3-7,17H,8-16H2,1-2H3,(H,22,27). The van der Waals surface area contributed by atoms with Gasteiger partial charge in [0.2, 0.25) is 11.8 Å². The number of hydrogen-bond donors (Lipinski definition) is 1. The molecular weight excluding hydrogens is 370 g/mol. The van der Waals surface area contributed by atoms with Crippen molar-refractivity contribution in [3.8, 4) is 0 Å². The molecule has 2 fully saturated rings. The van der Waals surface area contributed by atoms with Crippen LogP contribution in [0.1, 0.15) is 12.8 Å². The van der Waals surface area contributed by atoms with Gasteiger partial charge < -0.3 is 20.0 Å². The number of amides is 4. The van der Waals surface area contributed by atoms with E-state index in [9.17, 15) is 14.4 Å². The Labute approximate surface area is 172 Å². The summed E-state index contributed by atoms with van der Waals surface area (Å²) in [5, 5.41) is 2.90. The Balaban J connectivity index is 1.39. The van der Waals surface area contributed by atoms with E-state index in [0.717, 1.165) is 18.5 Å². The van der Waals surface area contributed by atoms with Crippen molar-refractivity contribution in [2.45, 2.75) is 12.8 Å². The lowest BCUT2D eigenvalue weighted by molar-refractivity contribution is -0.138. The Bertz CT molecular complexity index is 708. The predicted octanol–water partition coefficient (Wildman–Crippen LogP) is 1.16. The summed E-state index contributed by atoms with van der Waals surface area (Å²) in [6.45, 7) is 4.29. The highest BCUT2D eigenvalue weighted by Gasteiger charge is 2.32. The SMILES string of the molecule is CN(C)C(=O)N1CCC(C(=O)N2CCN(CC(=O)Nc3ccccc3)CC2)CC1. The number of carbonyl (C=O) groups excluding carboxylic acids is 3. The Morgan fingerprint density at radius 2 is 1.55 bits per heavy atom. The van der Waals surface area contributed by atoms with Gasteiger partial charge in [0.1, 0.15) is 0 Å². The lowest BCUT2D eigenvalue weighted by Crippen LogP contribution is -2.53. The van der Waals surface area contributed by atoms with Gasteiger partial charge in [0.05, 0.1) is 6.54 Å². The number of benzene rings is 1. The number of piperazine rings is 1. The molecule has 2 saturated heterocycles. The zero-order valence-electron chi connectivity index (χ0n) is 17.3. The molecule has 2 aliphatic rings. The van der Waals surface area contributed by atoms with Crippen LogP contribution >= 0.6 is 0 Å². The minimum absolute atomic E-state index is 0.00542. The first-order chi connectivity index (χ1) is 13.9. The van der Waals surface area contributed by atoms with Gasteiger partial charge in [0.25, 0.3) is 0 Å². The molecule has 158 valence electrons. The van der Waals surface area contributed by atoms with Crippen LogP contribution in [0.15, 0.2) is 30.3 Å². The van der Waals surface area contributed by atoms with Crippen molar-refractivity contribution in [1.82, 2.24) is 19.6 Å². The average molecular weight is 402 g/mol. The Morgan fingerprint density at radius 1 is 0.931 bits per heavy atom. The van der Waals surface area contributed by atoms with Crippen molar-refractivity contribution in [1.29, 1.82) is 0 Å². The molecule has 0 aromatic heterocycles. The maximum atomic E-state index is 12.8. The molecule has 29 heavy (non-hydrogen) atoms. The third-order valence-electron chi connectivity index (χ3n) is 5.61. The zero-order chi connectivity index (χ0) is 20.8. The molecule has 0 atom stereocenters. The van der Waals surface area contributed by atoms with Crippen LogP contribution in [0, 0.1) is 5.92 Å². The molecule has 0 unspecified atom stereocenters. The normalized spacial score (nSPS) is 18.4. The second-order valence-electron chi connectivity index (χ2n) is 7.95. The minimum atomic E-state index is -0.0334. The Kier molecular flexibility index (Phi) is 7.09. The fourth-order valence-corrected chi connectivity index (χ4v) is 3.91. The van der Waals surface area contributed by atoms with Gasteiger partial charge in [-0.25, -0.2) is 4.79 Å². The first kappa shape index (κ1) is 21.1. The summed E-state index contributed by atoms with van der Waals surface area (Å²) in [5.74, 6) is 0.151. The number of nitrogens with one attached hydrogen (secondary N) is 1. The number of urea groups is 1. The first-order valence-corrected chi connectivity index (χ1v) is 10.3. The van der Waals surface area contributed by atoms with Crippen LogP contribution in [0.5, 0.6) is 0 Å². The van der Waals surface area contributed by atoms with Crippen molar-refractivity contribution in [2.75, 3.05) is 65.2 Å². The summed E-state index contributed by atoms with van der Waals surface area (Å²) >= 11 is 0. The van der Waals surface area contributed by atoms with Crippen LogP contribution in [0.3, 0.4) is 0 Å². The number of hydrogen-bond acceptors (Lipinski definition) is 4. The lowest BCUT2D eigenvalue weighted by atomic mass is 9.95. The highest BCUT2D eigenvalue weighted by molar-refractivity contribution is 5.92. The van der Waals surface area contributed by atoms with Gasteiger partial charge in [-0.1, -0.05) is 18.2 Å². The van der Waals surface area contributed by atoms with Gasteiger partial charge >= 0.3 is 6.03 Å². The molecule has 0 spiro atoms. The molecule has 2 heterocycles. The van der Waals surface area contributed by atoms with E-state index >= 15 is 0 Å². The van der Waals surface area contributed by atoms with Crippen molar-refractivity contribution in [3.63, 3.8) is 0 Å². The number of piperidine rings is 1. The Hall–Kier alpha value is -2.61. The summed E-state index contributed by atoms with van der Waals surface area (Å²) in [7, 11) is 3.50. The van der Waals surface area contributed by atoms with E-state index in [0.29, 0.717) is 45.8 Å². The highest BCUT2D eigenvalue weighted by Crippen LogP contribution is 2.21. The second kappa shape index (κ2) is 9.73. The lowest BCUT2D eigenvalue weighted by Gasteiger charge is -2.38. The molecule has 0 bridgehead atoms. The van der Waals surface area contributed by atoms with Crippen LogP contribution in [0.2, 0.25) is 0 Å². The molecule has 1 N–H and O–H groups in total. The summed E-state index contributed by atoms with van der Waals surface area (Å²) in [6.07, 6.45) is 1.44. The maximum Gasteiger partial charge on any atom is 0.319 e. The fraction of sp³-hybridized carbons (Fsp3) is 0.571. The third-order valence-corrected chi connectivity index (χ3v) is 5.61. The summed E-state index contributed by atoms with van der Waals surface area (Å²) in [4.78, 5) is 44.5. The number of likely N-dealkylation sites (tertiary alicyclic amines) is 1. The zero-order valence-corrected chi connectivity index (χ0v) is 17.3. The van der Waals surface area contributed by atoms with Crippen LogP contribution in [0.4, 0.5) is 10.5 Å². The molecule has 1 aromatic rings. The van der Waals surface area contributed by atoms with E-state index in [-0.39, 0.29) is 23.8 Å². The molecule has 1 aromatic carbocycles. The molecule has 4 amide bonds. The summed E-state index contributed by atoms with van der Waals surface area (Å²) in [6, 6.07) is 9.44. The smallest absolute Gasteiger partial charge is 0.319 e. The monoisotopic (exact) mass is 401 g/mol. The number of nitrogens with zero attached hydrogens (tertiary/aromatic N) is 4. The predicted molar refractivity (Wildman–Crippen MR) is 111 cm³/mol. The van der Waals surface area contributed by atoms with E-state index in [1.54, 1.807) is 19.0 Å². The van der Waals surface area contributed by atoms with Gasteiger partial charge in [0.15, 0.2) is 0 Å². The van der Waals surface area contributed by atoms with Crippen LogP contribution in [-0.2, 0) is 9.59 Å². The van der Waals surface area contributed by atoms with E-state index in [4.69, 9.17) is 0 Å². The van der Waals surface area contributed by atoms with Crippen LogP contribution < -0.4 is 5.32 Å². The van der Waals surface area contributed by atoms with Crippen LogP contribution in [0.25, 0.3) is 0 Å². The van der Waals surface area contributed by atoms with Gasteiger partial charge in [0, 0.05) is 65.0 Å². The molecule has 0 saturated carbocycles. The Morgan fingerprint density at radius 3 is 2.14 bits per heavy atom. The quantitative estimate of drug-likeness (QED) is 0.822. The topological polar surface area (TPSA) is 76.2 Å². The van der Waals surface area contributed by atoms with Crippen molar-refractivity contribution in [3.05, 3.63) is 30.3 Å². The number of carbonyl (C=O) groups is 3. The third kappa shape index (κ3) is 5.69. The molecule has 0 radical (unpaired) electrons. The highest BCUT2D eigenvalue weighted by atomic mass is 16.2. The van der Waals surface area contributed by atoms with Crippen molar-refractivity contribution in [2.24, 2.45) is 5.92 Å². The molecule has 8 nitrogen and oxygen atoms in total. The number of para-hydroxylation sites is 1. The first-order valence-electron chi connectivity index (χ1n) is 10.3. The molecule has 8 heteroatoms. The summed E-state index contributed by atoms with van der Waals surface area (Å²) in [5.41, 5.74) is 0.797. The second-order valence-corrected chi connectivity index (χ2v) is 7.95. The largest absolute Gasteiger partial charge is 0.340 e. The molecule has 3 rings (SSSR count). The molecular formula is C21H31N5O3. The van der Waals surface area contributed by atoms with Crippen molar-refractivity contribution < 1.29 is 14.4 Å².